The molecule has 3 aromatic heterocycles. The molecule has 1 fully saturated rings. The number of hydrogen-bond donors (Lipinski definition) is 0. The summed E-state index contributed by atoms with van der Waals surface area (Å²) in [6, 6.07) is 4.35. The Morgan fingerprint density at radius 1 is 1.19 bits per heavy atom. The highest BCUT2D eigenvalue weighted by atomic mass is 32.1. The third kappa shape index (κ3) is 3.81. The fourth-order valence-electron chi connectivity index (χ4n) is 3.24. The van der Waals surface area contributed by atoms with Crippen molar-refractivity contribution in [3.8, 4) is 10.7 Å². The Balaban J connectivity index is 1.54. The Morgan fingerprint density at radius 2 is 2.00 bits per heavy atom. The summed E-state index contributed by atoms with van der Waals surface area (Å²) < 4.78 is 0. The third-order valence-corrected chi connectivity index (χ3v) is 5.91. The first-order valence-electron chi connectivity index (χ1n) is 9.03. The lowest BCUT2D eigenvalue weighted by atomic mass is 10.1. The van der Waals surface area contributed by atoms with E-state index >= 15 is 0 Å². The molecule has 1 aliphatic heterocycles. The van der Waals surface area contributed by atoms with Crippen molar-refractivity contribution in [1.29, 1.82) is 0 Å². The Morgan fingerprint density at radius 3 is 2.74 bits per heavy atom. The molecule has 1 saturated heterocycles. The first-order chi connectivity index (χ1) is 13.0. The Kier molecular flexibility index (Phi) is 4.84. The zero-order valence-electron chi connectivity index (χ0n) is 15.7. The Bertz CT molecular complexity index is 987. The molecular weight excluding hydrogens is 360 g/mol. The second-order valence-corrected chi connectivity index (χ2v) is 8.25. The number of amides is 1. The van der Waals surface area contributed by atoms with Crippen LogP contribution in [0.2, 0.25) is 0 Å². The van der Waals surface area contributed by atoms with E-state index in [2.05, 4.69) is 39.0 Å². The number of piperazine rings is 1. The minimum atomic E-state index is 0.135. The van der Waals surface area contributed by atoms with E-state index in [0.29, 0.717) is 12.5 Å². The molecule has 27 heavy (non-hydrogen) atoms. The van der Waals surface area contributed by atoms with E-state index in [1.54, 1.807) is 12.4 Å². The summed E-state index contributed by atoms with van der Waals surface area (Å²) in [5.74, 6) is 0.135. The molecule has 3 aromatic rings. The Labute approximate surface area is 162 Å². The molecule has 4 heterocycles. The van der Waals surface area contributed by atoms with Gasteiger partial charge in [0.15, 0.2) is 5.01 Å². The van der Waals surface area contributed by atoms with Crippen LogP contribution in [0, 0.1) is 6.92 Å². The smallest absolute Gasteiger partial charge is 0.228 e. The lowest BCUT2D eigenvalue weighted by Gasteiger charge is -2.37. The van der Waals surface area contributed by atoms with Crippen LogP contribution in [-0.2, 0) is 11.2 Å². The second kappa shape index (κ2) is 7.28. The van der Waals surface area contributed by atoms with Crippen molar-refractivity contribution in [3.63, 3.8) is 0 Å². The van der Waals surface area contributed by atoms with Gasteiger partial charge in [0, 0.05) is 43.5 Å². The van der Waals surface area contributed by atoms with E-state index in [1.807, 2.05) is 24.0 Å². The van der Waals surface area contributed by atoms with Gasteiger partial charge in [0.2, 0.25) is 5.91 Å². The molecule has 1 amide bonds. The number of carbonyl (C=O) groups excluding carboxylic acids is 1. The molecule has 0 N–H and O–H groups in total. The molecule has 4 rings (SSSR count). The van der Waals surface area contributed by atoms with E-state index in [0.717, 1.165) is 51.8 Å². The van der Waals surface area contributed by atoms with Crippen LogP contribution in [0.4, 0.5) is 0 Å². The average molecular weight is 382 g/mol. The number of pyridine rings is 2. The average Bonchev–Trinajstić information content (AvgIpc) is 3.09. The van der Waals surface area contributed by atoms with Gasteiger partial charge in [-0.05, 0) is 38.4 Å². The van der Waals surface area contributed by atoms with E-state index in [4.69, 9.17) is 0 Å². The van der Waals surface area contributed by atoms with E-state index in [-0.39, 0.29) is 5.91 Å². The third-order valence-electron chi connectivity index (χ3n) is 5.05. The van der Waals surface area contributed by atoms with Crippen molar-refractivity contribution in [1.82, 2.24) is 30.0 Å². The summed E-state index contributed by atoms with van der Waals surface area (Å²) >= 11 is 1.52. The number of hydrogen-bond acceptors (Lipinski definition) is 7. The highest BCUT2D eigenvalue weighted by Crippen LogP contribution is 2.24. The van der Waals surface area contributed by atoms with Gasteiger partial charge in [0.05, 0.1) is 12.1 Å². The van der Waals surface area contributed by atoms with E-state index in [9.17, 15) is 4.79 Å². The normalized spacial score (nSPS) is 18.2. The van der Waals surface area contributed by atoms with Crippen molar-refractivity contribution in [2.45, 2.75) is 26.3 Å². The summed E-state index contributed by atoms with van der Waals surface area (Å²) in [6.45, 7) is 6.53. The van der Waals surface area contributed by atoms with Gasteiger partial charge in [-0.25, -0.2) is 0 Å². The largest absolute Gasteiger partial charge is 0.340 e. The molecular formula is C19H22N6OS. The first-order valence-corrected chi connectivity index (χ1v) is 9.84. The maximum Gasteiger partial charge on any atom is 0.228 e. The van der Waals surface area contributed by atoms with Gasteiger partial charge in [-0.2, -0.15) is 0 Å². The van der Waals surface area contributed by atoms with Crippen LogP contribution in [0.15, 0.2) is 24.5 Å². The number of nitrogens with zero attached hydrogens (tertiary/aromatic N) is 6. The SMILES string of the molecule is Cc1nnc(-c2cc3cc(CC(=O)N4CCN(C)[C@@H](C)C4)ncc3cn2)s1. The van der Waals surface area contributed by atoms with Crippen molar-refractivity contribution >= 4 is 28.0 Å². The van der Waals surface area contributed by atoms with E-state index < -0.39 is 0 Å². The maximum absolute atomic E-state index is 12.7. The molecule has 7 nitrogen and oxygen atoms in total. The second-order valence-electron chi connectivity index (χ2n) is 7.06. The zero-order chi connectivity index (χ0) is 19.0. The number of aromatic nitrogens is 4. The number of carbonyl (C=O) groups is 1. The van der Waals surface area contributed by atoms with Crippen LogP contribution in [-0.4, -0.2) is 68.6 Å². The van der Waals surface area contributed by atoms with Crippen molar-refractivity contribution < 1.29 is 4.79 Å². The molecule has 0 bridgehead atoms. The molecule has 0 unspecified atom stereocenters. The van der Waals surface area contributed by atoms with Crippen LogP contribution in [0.5, 0.6) is 0 Å². The standard InChI is InChI=1S/C19H22N6OS/c1-12-11-25(5-4-24(12)3)18(26)8-16-6-14-7-17(19-23-22-13(2)27-19)21-10-15(14)9-20-16/h6-7,9-10,12H,4-5,8,11H2,1-3H3/t12-/m0/s1. The highest BCUT2D eigenvalue weighted by molar-refractivity contribution is 7.14. The number of likely N-dealkylation sites (N-methyl/N-ethyl adjacent to an activating group) is 1. The lowest BCUT2D eigenvalue weighted by molar-refractivity contribution is -0.133. The van der Waals surface area contributed by atoms with Crippen LogP contribution in [0.25, 0.3) is 21.5 Å². The van der Waals surface area contributed by atoms with Gasteiger partial charge in [-0.1, -0.05) is 11.3 Å². The maximum atomic E-state index is 12.7. The summed E-state index contributed by atoms with van der Waals surface area (Å²) in [7, 11) is 2.10. The lowest BCUT2D eigenvalue weighted by Crippen LogP contribution is -2.52. The molecule has 0 aliphatic carbocycles. The summed E-state index contributed by atoms with van der Waals surface area (Å²) in [5.41, 5.74) is 1.58. The zero-order valence-corrected chi connectivity index (χ0v) is 16.5. The topological polar surface area (TPSA) is 75.1 Å². The minimum absolute atomic E-state index is 0.135. The molecule has 0 aromatic carbocycles. The van der Waals surface area contributed by atoms with Gasteiger partial charge >= 0.3 is 0 Å². The highest BCUT2D eigenvalue weighted by Gasteiger charge is 2.24. The molecule has 8 heteroatoms. The van der Waals surface area contributed by atoms with Crippen molar-refractivity contribution in [3.05, 3.63) is 35.2 Å². The van der Waals surface area contributed by atoms with Crippen LogP contribution in [0.3, 0.4) is 0 Å². The number of aryl methyl sites for hydroxylation is 1. The van der Waals surface area contributed by atoms with E-state index in [1.165, 1.54) is 11.3 Å². The van der Waals surface area contributed by atoms with Gasteiger partial charge in [0.25, 0.3) is 0 Å². The summed E-state index contributed by atoms with van der Waals surface area (Å²) in [5, 5.41) is 11.9. The van der Waals surface area contributed by atoms with Crippen LogP contribution in [0.1, 0.15) is 17.6 Å². The summed E-state index contributed by atoms with van der Waals surface area (Å²) in [4.78, 5) is 25.8. The van der Waals surface area contributed by atoms with Crippen LogP contribution < -0.4 is 0 Å². The van der Waals surface area contributed by atoms with Crippen LogP contribution >= 0.6 is 11.3 Å². The van der Waals surface area contributed by atoms with Gasteiger partial charge in [0.1, 0.15) is 10.7 Å². The first kappa shape index (κ1) is 17.9. The molecule has 0 radical (unpaired) electrons. The van der Waals surface area contributed by atoms with Crippen molar-refractivity contribution in [2.24, 2.45) is 0 Å². The van der Waals surface area contributed by atoms with Gasteiger partial charge in [-0.3, -0.25) is 14.8 Å². The summed E-state index contributed by atoms with van der Waals surface area (Å²) in [6.07, 6.45) is 3.90. The number of fused-ring (bicyclic) bond motifs is 1. The predicted octanol–water partition coefficient (Wildman–Crippen LogP) is 2.16. The van der Waals surface area contributed by atoms with Crippen molar-refractivity contribution in [2.75, 3.05) is 26.7 Å². The quantitative estimate of drug-likeness (QED) is 0.691. The molecule has 1 atom stereocenters. The van der Waals surface area contributed by atoms with Gasteiger partial charge < -0.3 is 9.80 Å². The monoisotopic (exact) mass is 382 g/mol. The molecule has 0 saturated carbocycles. The minimum Gasteiger partial charge on any atom is -0.340 e. The fourth-order valence-corrected chi connectivity index (χ4v) is 3.90. The Hall–Kier alpha value is -2.45. The molecule has 1 aliphatic rings. The predicted molar refractivity (Wildman–Crippen MR) is 106 cm³/mol. The fraction of sp³-hybridized carbons (Fsp3) is 0.421. The van der Waals surface area contributed by atoms with Gasteiger partial charge in [-0.15, -0.1) is 10.2 Å². The molecule has 140 valence electrons. The molecule has 0 spiro atoms. The number of rotatable bonds is 3.